The molecule has 0 amide bonds. The molecule has 0 radical (unpaired) electrons. The number of ether oxygens (including phenoxy) is 2. The molecule has 0 saturated heterocycles. The maximum Gasteiger partial charge on any atom is 0.338 e. The Bertz CT molecular complexity index is 367. The lowest BCUT2D eigenvalue weighted by molar-refractivity contribution is 0.0555. The number of benzene rings is 1. The largest absolute Gasteiger partial charge is 0.465 e. The molecule has 2 N–H and O–H groups in total. The number of hydrogen-bond acceptors (Lipinski definition) is 6. The second-order valence-corrected chi connectivity index (χ2v) is 3.49. The Balaban J connectivity index is 0.000000631. The number of nitrogens with zero attached hydrogens (tertiary/aromatic N) is 1. The minimum absolute atomic E-state index is 0.210. The van der Waals surface area contributed by atoms with Crippen LogP contribution in [0.2, 0.25) is 0 Å². The summed E-state index contributed by atoms with van der Waals surface area (Å²) in [5.74, 6) is 3.84. The number of carbonyl (C=O) groups excluding carboxylic acids is 2. The number of nitrogens with two attached hydrogens (primary N) is 1. The maximum atomic E-state index is 11.2. The molecule has 0 aliphatic rings. The van der Waals surface area contributed by atoms with Gasteiger partial charge in [-0.15, -0.1) is 0 Å². The summed E-state index contributed by atoms with van der Waals surface area (Å²) in [6, 6.07) is 6.33. The van der Waals surface area contributed by atoms with Crippen molar-refractivity contribution in [1.29, 1.82) is 0 Å². The molecular formula is C12H18N2O4. The van der Waals surface area contributed by atoms with Gasteiger partial charge in [-0.25, -0.2) is 9.59 Å². The van der Waals surface area contributed by atoms with Gasteiger partial charge in [0.05, 0.1) is 25.3 Å². The van der Waals surface area contributed by atoms with E-state index in [2.05, 4.69) is 9.47 Å². The maximum absolute atomic E-state index is 11.2. The first kappa shape index (κ1) is 16.1. The number of methoxy groups -OCH3 is 2. The first-order chi connectivity index (χ1) is 8.43. The summed E-state index contributed by atoms with van der Waals surface area (Å²) in [6.07, 6.45) is 0. The Kier molecular flexibility index (Phi) is 7.34. The molecule has 0 atom stereocenters. The predicted octanol–water partition coefficient (Wildman–Crippen LogP) is 0.681. The third-order valence-corrected chi connectivity index (χ3v) is 1.74. The third kappa shape index (κ3) is 5.42. The van der Waals surface area contributed by atoms with Crippen molar-refractivity contribution >= 4 is 11.9 Å². The normalized spacial score (nSPS) is 9.22. The standard InChI is InChI=1S/C10H10O4.C2H8N2/c1-13-9(11)7-5-3-4-6-8(7)10(12)14-2;1-4(2)3/h3-6H,1-2H3;3H2,1-2H3. The zero-order chi connectivity index (χ0) is 14.1. The molecule has 0 unspecified atom stereocenters. The number of hydrazine groups is 1. The molecule has 0 aromatic heterocycles. The molecule has 1 aromatic rings. The summed E-state index contributed by atoms with van der Waals surface area (Å²) in [5.41, 5.74) is 0.420. The van der Waals surface area contributed by atoms with Crippen LogP contribution >= 0.6 is 0 Å². The van der Waals surface area contributed by atoms with Gasteiger partial charge in [0.2, 0.25) is 0 Å². The van der Waals surface area contributed by atoms with Crippen LogP contribution in [-0.4, -0.2) is 45.3 Å². The van der Waals surface area contributed by atoms with Crippen molar-refractivity contribution in [3.05, 3.63) is 35.4 Å². The fourth-order valence-electron chi connectivity index (χ4n) is 1.06. The lowest BCUT2D eigenvalue weighted by Gasteiger charge is -2.04. The fourth-order valence-corrected chi connectivity index (χ4v) is 1.06. The van der Waals surface area contributed by atoms with Crippen molar-refractivity contribution in [2.75, 3.05) is 28.3 Å². The topological polar surface area (TPSA) is 81.9 Å². The molecule has 0 fully saturated rings. The highest BCUT2D eigenvalue weighted by Gasteiger charge is 2.16. The number of rotatable bonds is 2. The van der Waals surface area contributed by atoms with Gasteiger partial charge in [0, 0.05) is 14.1 Å². The zero-order valence-corrected chi connectivity index (χ0v) is 11.0. The average Bonchev–Trinajstić information content (AvgIpc) is 2.36. The SMILES string of the molecule is CN(C)N.COC(=O)c1ccccc1C(=O)OC. The third-order valence-electron chi connectivity index (χ3n) is 1.74. The number of esters is 2. The highest BCUT2D eigenvalue weighted by molar-refractivity contribution is 6.02. The molecule has 1 rings (SSSR count). The molecule has 0 spiro atoms. The molecule has 0 aliphatic heterocycles. The van der Waals surface area contributed by atoms with Gasteiger partial charge < -0.3 is 9.47 Å². The van der Waals surface area contributed by atoms with E-state index in [-0.39, 0.29) is 11.1 Å². The van der Waals surface area contributed by atoms with Gasteiger partial charge in [-0.1, -0.05) is 12.1 Å². The zero-order valence-electron chi connectivity index (χ0n) is 11.0. The second kappa shape index (κ2) is 8.21. The van der Waals surface area contributed by atoms with Gasteiger partial charge in [0.1, 0.15) is 0 Å². The second-order valence-electron chi connectivity index (χ2n) is 3.49. The van der Waals surface area contributed by atoms with E-state index < -0.39 is 11.9 Å². The van der Waals surface area contributed by atoms with E-state index in [1.807, 2.05) is 0 Å². The van der Waals surface area contributed by atoms with E-state index in [1.165, 1.54) is 31.4 Å². The molecule has 18 heavy (non-hydrogen) atoms. The molecule has 0 heterocycles. The van der Waals surface area contributed by atoms with E-state index in [9.17, 15) is 9.59 Å². The van der Waals surface area contributed by atoms with Crippen LogP contribution in [0.4, 0.5) is 0 Å². The highest BCUT2D eigenvalue weighted by Crippen LogP contribution is 2.10. The fraction of sp³-hybridized carbons (Fsp3) is 0.333. The van der Waals surface area contributed by atoms with Gasteiger partial charge in [-0.05, 0) is 12.1 Å². The van der Waals surface area contributed by atoms with E-state index in [4.69, 9.17) is 5.84 Å². The molecule has 0 aliphatic carbocycles. The van der Waals surface area contributed by atoms with Gasteiger partial charge in [-0.2, -0.15) is 0 Å². The van der Waals surface area contributed by atoms with Crippen LogP contribution in [0.3, 0.4) is 0 Å². The Morgan fingerprint density at radius 1 is 1.00 bits per heavy atom. The van der Waals surface area contributed by atoms with Crippen LogP contribution in [0, 0.1) is 0 Å². The van der Waals surface area contributed by atoms with E-state index in [0.717, 1.165) is 0 Å². The van der Waals surface area contributed by atoms with E-state index >= 15 is 0 Å². The summed E-state index contributed by atoms with van der Waals surface area (Å²) < 4.78 is 9.05. The molecule has 0 saturated carbocycles. The van der Waals surface area contributed by atoms with Crippen LogP contribution in [0.15, 0.2) is 24.3 Å². The Morgan fingerprint density at radius 3 is 1.50 bits per heavy atom. The molecule has 1 aromatic carbocycles. The van der Waals surface area contributed by atoms with E-state index in [1.54, 1.807) is 26.2 Å². The summed E-state index contributed by atoms with van der Waals surface area (Å²) in [7, 11) is 6.08. The van der Waals surface area contributed by atoms with Gasteiger partial charge >= 0.3 is 11.9 Å². The van der Waals surface area contributed by atoms with Crippen LogP contribution in [-0.2, 0) is 9.47 Å². The minimum atomic E-state index is -0.550. The monoisotopic (exact) mass is 254 g/mol. The lowest BCUT2D eigenvalue weighted by Crippen LogP contribution is -2.18. The van der Waals surface area contributed by atoms with Gasteiger partial charge in [-0.3, -0.25) is 10.9 Å². The lowest BCUT2D eigenvalue weighted by atomic mass is 10.1. The summed E-state index contributed by atoms with van der Waals surface area (Å²) >= 11 is 0. The Morgan fingerprint density at radius 2 is 1.28 bits per heavy atom. The highest BCUT2D eigenvalue weighted by atomic mass is 16.5. The minimum Gasteiger partial charge on any atom is -0.465 e. The number of carbonyl (C=O) groups is 2. The summed E-state index contributed by atoms with van der Waals surface area (Å²) in [4.78, 5) is 22.4. The molecule has 100 valence electrons. The van der Waals surface area contributed by atoms with Crippen LogP contribution in [0.25, 0.3) is 0 Å². The van der Waals surface area contributed by atoms with Crippen LogP contribution < -0.4 is 5.84 Å². The summed E-state index contributed by atoms with van der Waals surface area (Å²) in [5, 5.41) is 1.50. The smallest absolute Gasteiger partial charge is 0.338 e. The van der Waals surface area contributed by atoms with Gasteiger partial charge in [0.15, 0.2) is 0 Å². The van der Waals surface area contributed by atoms with E-state index in [0.29, 0.717) is 0 Å². The number of hydrogen-bond donors (Lipinski definition) is 1. The average molecular weight is 254 g/mol. The quantitative estimate of drug-likeness (QED) is 0.475. The van der Waals surface area contributed by atoms with Crippen molar-refractivity contribution in [2.24, 2.45) is 5.84 Å². The van der Waals surface area contributed by atoms with Crippen LogP contribution in [0.5, 0.6) is 0 Å². The van der Waals surface area contributed by atoms with Crippen molar-refractivity contribution < 1.29 is 19.1 Å². The first-order valence-electron chi connectivity index (χ1n) is 5.11. The van der Waals surface area contributed by atoms with Crippen molar-refractivity contribution in [3.63, 3.8) is 0 Å². The molecule has 0 bridgehead atoms. The Labute approximate surface area is 106 Å². The Hall–Kier alpha value is -1.92. The van der Waals surface area contributed by atoms with Crippen molar-refractivity contribution in [1.82, 2.24) is 5.01 Å². The molecule has 6 heteroatoms. The predicted molar refractivity (Wildman–Crippen MR) is 67.0 cm³/mol. The molecular weight excluding hydrogens is 236 g/mol. The van der Waals surface area contributed by atoms with Crippen LogP contribution in [0.1, 0.15) is 20.7 Å². The first-order valence-corrected chi connectivity index (χ1v) is 5.11. The molecule has 6 nitrogen and oxygen atoms in total. The van der Waals surface area contributed by atoms with Crippen molar-refractivity contribution in [2.45, 2.75) is 0 Å². The van der Waals surface area contributed by atoms with Gasteiger partial charge in [0.25, 0.3) is 0 Å². The summed E-state index contributed by atoms with van der Waals surface area (Å²) in [6.45, 7) is 0. The van der Waals surface area contributed by atoms with Crippen molar-refractivity contribution in [3.8, 4) is 0 Å².